The van der Waals surface area contributed by atoms with Gasteiger partial charge in [-0.3, -0.25) is 4.99 Å². The second-order valence-corrected chi connectivity index (χ2v) is 6.38. The molecule has 0 unspecified atom stereocenters. The number of unbranched alkanes of at least 4 members (excludes halogenated alkanes) is 3. The lowest BCUT2D eigenvalue weighted by Gasteiger charge is -2.34. The van der Waals surface area contributed by atoms with E-state index >= 15 is 0 Å². The summed E-state index contributed by atoms with van der Waals surface area (Å²) in [7, 11) is 0. The zero-order valence-corrected chi connectivity index (χ0v) is 18.5. The number of nitrogens with one attached hydrogen (secondary N) is 2. The number of nitrogens with zero attached hydrogens (tertiary/aromatic N) is 3. The molecule has 6 heteroatoms. The minimum Gasteiger partial charge on any atom is -0.357 e. The second-order valence-electron chi connectivity index (χ2n) is 6.38. The first-order valence-electron chi connectivity index (χ1n) is 9.77. The Morgan fingerprint density at radius 3 is 2.21 bits per heavy atom. The van der Waals surface area contributed by atoms with E-state index < -0.39 is 0 Å². The fourth-order valence-electron chi connectivity index (χ4n) is 2.89. The molecule has 144 valence electrons. The van der Waals surface area contributed by atoms with Gasteiger partial charge in [-0.05, 0) is 39.3 Å². The zero-order valence-electron chi connectivity index (χ0n) is 16.1. The fourth-order valence-corrected chi connectivity index (χ4v) is 2.89. The van der Waals surface area contributed by atoms with Crippen molar-refractivity contribution in [1.82, 2.24) is 20.4 Å². The third kappa shape index (κ3) is 11.5. The van der Waals surface area contributed by atoms with E-state index in [-0.39, 0.29) is 24.0 Å². The topological polar surface area (TPSA) is 42.9 Å². The van der Waals surface area contributed by atoms with Gasteiger partial charge in [-0.2, -0.15) is 0 Å². The monoisotopic (exact) mass is 453 g/mol. The van der Waals surface area contributed by atoms with E-state index in [9.17, 15) is 0 Å². The Hall–Kier alpha value is -0.0800. The molecule has 0 aliphatic carbocycles. The molecule has 0 spiro atoms. The van der Waals surface area contributed by atoms with Gasteiger partial charge in [0.15, 0.2) is 5.96 Å². The molecule has 0 amide bonds. The number of likely N-dealkylation sites (N-methyl/N-ethyl adjacent to an activating group) is 1. The molecule has 0 aromatic carbocycles. The quantitative estimate of drug-likeness (QED) is 0.219. The predicted molar refractivity (Wildman–Crippen MR) is 117 cm³/mol. The number of piperazine rings is 1. The smallest absolute Gasteiger partial charge is 0.191 e. The number of halogens is 1. The SMILES string of the molecule is CCCCCN=C(NCC)NCCCCN1CCN(CC)CC1.I. The molecule has 0 atom stereocenters. The van der Waals surface area contributed by atoms with Crippen LogP contribution < -0.4 is 10.6 Å². The molecule has 24 heavy (non-hydrogen) atoms. The fraction of sp³-hybridized carbons (Fsp3) is 0.944. The van der Waals surface area contributed by atoms with Gasteiger partial charge in [0, 0.05) is 45.8 Å². The summed E-state index contributed by atoms with van der Waals surface area (Å²) in [5, 5.41) is 6.80. The van der Waals surface area contributed by atoms with E-state index in [1.165, 1.54) is 71.4 Å². The molecule has 1 heterocycles. The molecular weight excluding hydrogens is 413 g/mol. The van der Waals surface area contributed by atoms with Crippen molar-refractivity contribution in [2.24, 2.45) is 4.99 Å². The van der Waals surface area contributed by atoms with Gasteiger partial charge in [0.25, 0.3) is 0 Å². The normalized spacial score (nSPS) is 16.7. The first-order valence-corrected chi connectivity index (χ1v) is 9.77. The Balaban J connectivity index is 0.00000529. The third-order valence-electron chi connectivity index (χ3n) is 4.48. The molecule has 1 fully saturated rings. The minimum atomic E-state index is 0. The van der Waals surface area contributed by atoms with Gasteiger partial charge in [-0.15, -0.1) is 24.0 Å². The van der Waals surface area contributed by atoms with Crippen molar-refractivity contribution in [1.29, 1.82) is 0 Å². The highest BCUT2D eigenvalue weighted by Crippen LogP contribution is 2.02. The maximum Gasteiger partial charge on any atom is 0.191 e. The minimum absolute atomic E-state index is 0. The number of rotatable bonds is 11. The Kier molecular flexibility index (Phi) is 16.3. The van der Waals surface area contributed by atoms with Crippen molar-refractivity contribution in [2.75, 3.05) is 58.9 Å². The van der Waals surface area contributed by atoms with E-state index in [0.717, 1.165) is 25.6 Å². The lowest BCUT2D eigenvalue weighted by Crippen LogP contribution is -2.46. The second kappa shape index (κ2) is 16.4. The van der Waals surface area contributed by atoms with E-state index in [2.05, 4.69) is 46.2 Å². The number of aliphatic imine (C=N–C) groups is 1. The standard InChI is InChI=1S/C18H39N5.HI/c1-4-7-8-11-20-18(19-5-2)21-12-9-10-13-23-16-14-22(6-3)15-17-23;/h4-17H2,1-3H3,(H2,19,20,21);1H. The van der Waals surface area contributed by atoms with Crippen molar-refractivity contribution in [3.8, 4) is 0 Å². The Morgan fingerprint density at radius 2 is 1.58 bits per heavy atom. The molecule has 0 aromatic rings. The number of hydrogen-bond donors (Lipinski definition) is 2. The van der Waals surface area contributed by atoms with Gasteiger partial charge < -0.3 is 20.4 Å². The van der Waals surface area contributed by atoms with E-state index in [1.54, 1.807) is 0 Å². The highest BCUT2D eigenvalue weighted by atomic mass is 127. The molecule has 2 N–H and O–H groups in total. The van der Waals surface area contributed by atoms with Crippen LogP contribution in [0.3, 0.4) is 0 Å². The summed E-state index contributed by atoms with van der Waals surface area (Å²) < 4.78 is 0. The van der Waals surface area contributed by atoms with Crippen LogP contribution in [0.4, 0.5) is 0 Å². The van der Waals surface area contributed by atoms with Crippen LogP contribution in [0.15, 0.2) is 4.99 Å². The Labute approximate surface area is 167 Å². The van der Waals surface area contributed by atoms with Gasteiger partial charge in [0.05, 0.1) is 0 Å². The maximum atomic E-state index is 4.63. The van der Waals surface area contributed by atoms with E-state index in [4.69, 9.17) is 0 Å². The molecule has 1 aliphatic rings. The summed E-state index contributed by atoms with van der Waals surface area (Å²) in [6, 6.07) is 0. The van der Waals surface area contributed by atoms with Gasteiger partial charge in [0.2, 0.25) is 0 Å². The molecule has 1 saturated heterocycles. The third-order valence-corrected chi connectivity index (χ3v) is 4.48. The Morgan fingerprint density at radius 1 is 0.875 bits per heavy atom. The summed E-state index contributed by atoms with van der Waals surface area (Å²) in [6.07, 6.45) is 6.21. The zero-order chi connectivity index (χ0) is 16.8. The number of hydrogen-bond acceptors (Lipinski definition) is 3. The first-order chi connectivity index (χ1) is 11.3. The molecule has 1 aliphatic heterocycles. The lowest BCUT2D eigenvalue weighted by atomic mass is 10.2. The molecule has 0 radical (unpaired) electrons. The molecular formula is C18H40IN5. The molecule has 0 saturated carbocycles. The lowest BCUT2D eigenvalue weighted by molar-refractivity contribution is 0.136. The van der Waals surface area contributed by atoms with E-state index in [0.29, 0.717) is 0 Å². The van der Waals surface area contributed by atoms with Crippen LogP contribution in [0.5, 0.6) is 0 Å². The van der Waals surface area contributed by atoms with Gasteiger partial charge in [-0.1, -0.05) is 26.7 Å². The highest BCUT2D eigenvalue weighted by Gasteiger charge is 2.14. The van der Waals surface area contributed by atoms with Crippen LogP contribution in [-0.4, -0.2) is 74.7 Å². The molecule has 0 bridgehead atoms. The van der Waals surface area contributed by atoms with Crippen molar-refractivity contribution >= 4 is 29.9 Å². The van der Waals surface area contributed by atoms with Gasteiger partial charge in [0.1, 0.15) is 0 Å². The maximum absolute atomic E-state index is 4.63. The summed E-state index contributed by atoms with van der Waals surface area (Å²) in [5.74, 6) is 0.986. The predicted octanol–water partition coefficient (Wildman–Crippen LogP) is 2.77. The molecule has 5 nitrogen and oxygen atoms in total. The largest absolute Gasteiger partial charge is 0.357 e. The average molecular weight is 453 g/mol. The number of guanidine groups is 1. The van der Waals surface area contributed by atoms with Crippen molar-refractivity contribution < 1.29 is 0 Å². The Bertz CT molecular complexity index is 304. The summed E-state index contributed by atoms with van der Waals surface area (Å²) in [5.41, 5.74) is 0. The first kappa shape index (κ1) is 23.9. The molecule has 0 aromatic heterocycles. The highest BCUT2D eigenvalue weighted by molar-refractivity contribution is 14.0. The van der Waals surface area contributed by atoms with Crippen LogP contribution in [0.2, 0.25) is 0 Å². The van der Waals surface area contributed by atoms with Gasteiger partial charge in [-0.25, -0.2) is 0 Å². The van der Waals surface area contributed by atoms with Crippen LogP contribution in [0.1, 0.15) is 52.9 Å². The van der Waals surface area contributed by atoms with E-state index in [1.807, 2.05) is 0 Å². The molecule has 1 rings (SSSR count). The summed E-state index contributed by atoms with van der Waals surface area (Å²) >= 11 is 0. The summed E-state index contributed by atoms with van der Waals surface area (Å²) in [4.78, 5) is 9.78. The average Bonchev–Trinajstić information content (AvgIpc) is 2.58. The summed E-state index contributed by atoms with van der Waals surface area (Å²) in [6.45, 7) is 16.9. The van der Waals surface area contributed by atoms with Gasteiger partial charge >= 0.3 is 0 Å². The van der Waals surface area contributed by atoms with Crippen molar-refractivity contribution in [3.05, 3.63) is 0 Å². The van der Waals surface area contributed by atoms with Crippen LogP contribution in [-0.2, 0) is 0 Å². The van der Waals surface area contributed by atoms with Crippen LogP contribution >= 0.6 is 24.0 Å². The van der Waals surface area contributed by atoms with Crippen molar-refractivity contribution in [2.45, 2.75) is 52.9 Å². The van der Waals surface area contributed by atoms with Crippen LogP contribution in [0, 0.1) is 0 Å². The van der Waals surface area contributed by atoms with Crippen molar-refractivity contribution in [3.63, 3.8) is 0 Å². The van der Waals surface area contributed by atoms with Crippen LogP contribution in [0.25, 0.3) is 0 Å².